The molecule has 9 heavy (non-hydrogen) atoms. The summed E-state index contributed by atoms with van der Waals surface area (Å²) in [4.78, 5) is 10.4. The number of hydrogen-bond acceptors (Lipinski definition) is 4. The van der Waals surface area contributed by atoms with E-state index in [4.69, 9.17) is 5.11 Å². The van der Waals surface area contributed by atoms with Crippen LogP contribution in [-0.2, 0) is 14.3 Å². The zero-order chi connectivity index (χ0) is 7.28. The van der Waals surface area contributed by atoms with Gasteiger partial charge in [0.05, 0.1) is 14.2 Å². The van der Waals surface area contributed by atoms with Crippen LogP contribution >= 0.6 is 0 Å². The lowest BCUT2D eigenvalue weighted by molar-refractivity contribution is -0.139. The Kier molecular flexibility index (Phi) is 3.27. The molecule has 0 aromatic heterocycles. The highest BCUT2D eigenvalue weighted by atomic mass is 16.6. The van der Waals surface area contributed by atoms with Gasteiger partial charge in [0.1, 0.15) is 6.26 Å². The van der Waals surface area contributed by atoms with Crippen molar-refractivity contribution in [3.63, 3.8) is 0 Å². The molecule has 0 heterocycles. The van der Waals surface area contributed by atoms with E-state index in [9.17, 15) is 4.79 Å². The predicted molar refractivity (Wildman–Crippen MR) is 29.7 cm³/mol. The minimum absolute atomic E-state index is 0.211. The van der Waals surface area contributed by atoms with Crippen molar-refractivity contribution in [3.8, 4) is 0 Å². The molecular formula is C5H8O4. The van der Waals surface area contributed by atoms with Gasteiger partial charge < -0.3 is 14.6 Å². The molecule has 0 saturated heterocycles. The summed E-state index contributed by atoms with van der Waals surface area (Å²) >= 11 is 0. The first-order chi connectivity index (χ1) is 4.26. The van der Waals surface area contributed by atoms with Crippen LogP contribution < -0.4 is 0 Å². The van der Waals surface area contributed by atoms with Crippen molar-refractivity contribution in [1.29, 1.82) is 0 Å². The minimum atomic E-state index is -0.694. The minimum Gasteiger partial charge on any atom is -0.511 e. The van der Waals surface area contributed by atoms with E-state index in [0.717, 1.165) is 0 Å². The smallest absolute Gasteiger partial charge is 0.376 e. The number of carbonyl (C=O) groups excluding carboxylic acids is 1. The largest absolute Gasteiger partial charge is 0.511 e. The zero-order valence-corrected chi connectivity index (χ0v) is 5.25. The summed E-state index contributed by atoms with van der Waals surface area (Å²) in [5.41, 5.74) is 0. The summed E-state index contributed by atoms with van der Waals surface area (Å²) in [5, 5.41) is 8.24. The summed E-state index contributed by atoms with van der Waals surface area (Å²) < 4.78 is 8.59. The van der Waals surface area contributed by atoms with Crippen molar-refractivity contribution >= 4 is 5.97 Å². The molecule has 52 valence electrons. The first kappa shape index (κ1) is 7.81. The third kappa shape index (κ3) is 2.03. The molecule has 0 atom stereocenters. The highest BCUT2D eigenvalue weighted by molar-refractivity contribution is 5.85. The lowest BCUT2D eigenvalue weighted by Gasteiger charge is -1.99. The second-order valence-electron chi connectivity index (χ2n) is 1.19. The Balaban J connectivity index is 3.97. The average molecular weight is 132 g/mol. The predicted octanol–water partition coefficient (Wildman–Crippen LogP) is 0.205. The fraction of sp³-hybridized carbons (Fsp3) is 0.400. The maximum absolute atomic E-state index is 10.4. The fourth-order valence-corrected chi connectivity index (χ4v) is 0.289. The van der Waals surface area contributed by atoms with Gasteiger partial charge in [-0.3, -0.25) is 0 Å². The quantitative estimate of drug-likeness (QED) is 0.331. The van der Waals surface area contributed by atoms with Gasteiger partial charge in [0.15, 0.2) is 0 Å². The first-order valence-electron chi connectivity index (χ1n) is 2.23. The van der Waals surface area contributed by atoms with Gasteiger partial charge in [-0.25, -0.2) is 4.79 Å². The third-order valence-corrected chi connectivity index (χ3v) is 0.724. The molecule has 4 heteroatoms. The van der Waals surface area contributed by atoms with Crippen LogP contribution in [0.5, 0.6) is 0 Å². The van der Waals surface area contributed by atoms with Crippen molar-refractivity contribution < 1.29 is 19.4 Å². The van der Waals surface area contributed by atoms with E-state index in [1.807, 2.05) is 0 Å². The first-order valence-corrected chi connectivity index (χ1v) is 2.23. The molecular weight excluding hydrogens is 124 g/mol. The molecule has 0 aliphatic carbocycles. The molecule has 0 aromatic carbocycles. The number of hydrogen-bond donors (Lipinski definition) is 1. The zero-order valence-electron chi connectivity index (χ0n) is 5.25. The van der Waals surface area contributed by atoms with Crippen LogP contribution in [0.25, 0.3) is 0 Å². The van der Waals surface area contributed by atoms with Crippen molar-refractivity contribution in [1.82, 2.24) is 0 Å². The van der Waals surface area contributed by atoms with Crippen LogP contribution in [-0.4, -0.2) is 25.3 Å². The summed E-state index contributed by atoms with van der Waals surface area (Å²) in [6.07, 6.45) is 0.547. The Bertz CT molecular complexity index is 127. The number of aliphatic hydroxyl groups is 1. The monoisotopic (exact) mass is 132 g/mol. The normalized spacial score (nSPS) is 10.7. The topological polar surface area (TPSA) is 55.8 Å². The Hall–Kier alpha value is -1.19. The lowest BCUT2D eigenvalue weighted by Crippen LogP contribution is -2.05. The number of rotatable bonds is 2. The van der Waals surface area contributed by atoms with Gasteiger partial charge in [-0.1, -0.05) is 0 Å². The van der Waals surface area contributed by atoms with Gasteiger partial charge in [0, 0.05) is 0 Å². The summed E-state index contributed by atoms with van der Waals surface area (Å²) in [5.74, 6) is -0.905. The maximum Gasteiger partial charge on any atom is 0.376 e. The van der Waals surface area contributed by atoms with Crippen LogP contribution in [0.4, 0.5) is 0 Å². The van der Waals surface area contributed by atoms with Gasteiger partial charge in [-0.15, -0.1) is 0 Å². The third-order valence-electron chi connectivity index (χ3n) is 0.724. The van der Waals surface area contributed by atoms with Gasteiger partial charge in [0.25, 0.3) is 0 Å². The Morgan fingerprint density at radius 1 is 1.44 bits per heavy atom. The molecule has 0 amide bonds. The second-order valence-corrected chi connectivity index (χ2v) is 1.19. The maximum atomic E-state index is 10.4. The van der Waals surface area contributed by atoms with Crippen molar-refractivity contribution in [2.45, 2.75) is 0 Å². The molecule has 0 aliphatic rings. The van der Waals surface area contributed by atoms with E-state index in [1.165, 1.54) is 14.2 Å². The standard InChI is InChI=1S/C5H8O4/c1-8-4(3-6)5(7)9-2/h3,6H,1-2H3/b4-3-. The highest BCUT2D eigenvalue weighted by Gasteiger charge is 2.07. The lowest BCUT2D eigenvalue weighted by atomic mass is 10.5. The summed E-state index contributed by atoms with van der Waals surface area (Å²) in [7, 11) is 2.46. The number of esters is 1. The second kappa shape index (κ2) is 3.77. The molecule has 0 spiro atoms. The van der Waals surface area contributed by atoms with E-state index in [1.54, 1.807) is 0 Å². The Morgan fingerprint density at radius 3 is 2.11 bits per heavy atom. The van der Waals surface area contributed by atoms with E-state index in [2.05, 4.69) is 9.47 Å². The van der Waals surface area contributed by atoms with Crippen molar-refractivity contribution in [2.24, 2.45) is 0 Å². The van der Waals surface area contributed by atoms with Gasteiger partial charge in [-0.2, -0.15) is 0 Å². The summed E-state index contributed by atoms with van der Waals surface area (Å²) in [6, 6.07) is 0. The molecule has 0 saturated carbocycles. The number of carbonyl (C=O) groups is 1. The van der Waals surface area contributed by atoms with Gasteiger partial charge in [-0.05, 0) is 0 Å². The van der Waals surface area contributed by atoms with Crippen LogP contribution in [0.2, 0.25) is 0 Å². The molecule has 0 bridgehead atoms. The Morgan fingerprint density at radius 2 is 2.00 bits per heavy atom. The molecule has 4 nitrogen and oxygen atoms in total. The van der Waals surface area contributed by atoms with Crippen LogP contribution in [0.3, 0.4) is 0 Å². The van der Waals surface area contributed by atoms with Gasteiger partial charge in [0.2, 0.25) is 5.76 Å². The SMILES string of the molecule is COC(=O)/C(=C/O)OC. The van der Waals surface area contributed by atoms with E-state index in [0.29, 0.717) is 6.26 Å². The number of aliphatic hydroxyl groups excluding tert-OH is 1. The summed E-state index contributed by atoms with van der Waals surface area (Å²) in [6.45, 7) is 0. The molecule has 0 fully saturated rings. The molecule has 0 aliphatic heterocycles. The Labute approximate surface area is 52.7 Å². The molecule has 0 unspecified atom stereocenters. The van der Waals surface area contributed by atoms with Crippen LogP contribution in [0.1, 0.15) is 0 Å². The fourth-order valence-electron chi connectivity index (χ4n) is 0.289. The molecule has 0 aromatic rings. The highest BCUT2D eigenvalue weighted by Crippen LogP contribution is 1.94. The van der Waals surface area contributed by atoms with Crippen LogP contribution in [0, 0.1) is 0 Å². The molecule has 1 N–H and O–H groups in total. The van der Waals surface area contributed by atoms with Crippen LogP contribution in [0.15, 0.2) is 12.0 Å². The van der Waals surface area contributed by atoms with Gasteiger partial charge >= 0.3 is 5.97 Å². The van der Waals surface area contributed by atoms with E-state index >= 15 is 0 Å². The number of ether oxygens (including phenoxy) is 2. The van der Waals surface area contributed by atoms with E-state index in [-0.39, 0.29) is 5.76 Å². The van der Waals surface area contributed by atoms with Crippen molar-refractivity contribution in [2.75, 3.05) is 14.2 Å². The van der Waals surface area contributed by atoms with E-state index < -0.39 is 5.97 Å². The van der Waals surface area contributed by atoms with Crippen molar-refractivity contribution in [3.05, 3.63) is 12.0 Å². The average Bonchev–Trinajstić information content (AvgIpc) is 1.90. The molecule has 0 radical (unpaired) electrons. The number of methoxy groups -OCH3 is 2. The molecule has 0 rings (SSSR count).